The first-order valence-electron chi connectivity index (χ1n) is 6.13. The van der Waals surface area contributed by atoms with Crippen LogP contribution in [0.5, 0.6) is 5.75 Å². The standard InChI is InChI=1S/C14H21NO/c1-11(13-5-6-13)9-15-10-12-3-7-14(16-2)8-4-12/h3-4,7-8,11,13,15H,5-6,9-10H2,1-2H3. The molecule has 2 rings (SSSR count). The molecule has 0 amide bonds. The largest absolute Gasteiger partial charge is 0.497 e. The molecule has 1 unspecified atom stereocenters. The van der Waals surface area contributed by atoms with Crippen molar-refractivity contribution >= 4 is 0 Å². The fraction of sp³-hybridized carbons (Fsp3) is 0.571. The number of methoxy groups -OCH3 is 1. The zero-order chi connectivity index (χ0) is 11.4. The van der Waals surface area contributed by atoms with Gasteiger partial charge in [-0.3, -0.25) is 0 Å². The lowest BCUT2D eigenvalue weighted by Crippen LogP contribution is -2.21. The number of benzene rings is 1. The van der Waals surface area contributed by atoms with Gasteiger partial charge >= 0.3 is 0 Å². The molecular weight excluding hydrogens is 198 g/mol. The Morgan fingerprint density at radius 1 is 1.31 bits per heavy atom. The van der Waals surface area contributed by atoms with E-state index < -0.39 is 0 Å². The molecular formula is C14H21NO. The minimum Gasteiger partial charge on any atom is -0.497 e. The number of hydrogen-bond donors (Lipinski definition) is 1. The van der Waals surface area contributed by atoms with Crippen LogP contribution in [-0.2, 0) is 6.54 Å². The summed E-state index contributed by atoms with van der Waals surface area (Å²) in [6.07, 6.45) is 2.87. The molecule has 1 aromatic carbocycles. The highest BCUT2D eigenvalue weighted by Gasteiger charge is 2.27. The topological polar surface area (TPSA) is 21.3 Å². The predicted molar refractivity (Wildman–Crippen MR) is 66.6 cm³/mol. The normalized spacial score (nSPS) is 17.1. The second kappa shape index (κ2) is 5.35. The van der Waals surface area contributed by atoms with Gasteiger partial charge in [0.15, 0.2) is 0 Å². The Bertz CT molecular complexity index is 316. The summed E-state index contributed by atoms with van der Waals surface area (Å²) < 4.78 is 5.13. The van der Waals surface area contributed by atoms with Crippen molar-refractivity contribution in [2.45, 2.75) is 26.3 Å². The molecule has 1 N–H and O–H groups in total. The highest BCUT2D eigenvalue weighted by molar-refractivity contribution is 5.26. The van der Waals surface area contributed by atoms with Crippen LogP contribution in [0.4, 0.5) is 0 Å². The molecule has 1 saturated carbocycles. The molecule has 1 aliphatic rings. The van der Waals surface area contributed by atoms with E-state index in [0.717, 1.165) is 30.7 Å². The highest BCUT2D eigenvalue weighted by Crippen LogP contribution is 2.36. The quantitative estimate of drug-likeness (QED) is 0.794. The van der Waals surface area contributed by atoms with Crippen LogP contribution >= 0.6 is 0 Å². The van der Waals surface area contributed by atoms with E-state index in [9.17, 15) is 0 Å². The van der Waals surface area contributed by atoms with E-state index in [1.807, 2.05) is 12.1 Å². The average Bonchev–Trinajstić information content (AvgIpc) is 3.14. The summed E-state index contributed by atoms with van der Waals surface area (Å²) in [7, 11) is 1.70. The van der Waals surface area contributed by atoms with Crippen LogP contribution in [0, 0.1) is 11.8 Å². The van der Waals surface area contributed by atoms with Crippen LogP contribution in [0.3, 0.4) is 0 Å². The van der Waals surface area contributed by atoms with E-state index in [1.165, 1.54) is 18.4 Å². The Labute approximate surface area is 98.0 Å². The van der Waals surface area contributed by atoms with Crippen LogP contribution in [0.15, 0.2) is 24.3 Å². The molecule has 0 saturated heterocycles. The Morgan fingerprint density at radius 3 is 2.56 bits per heavy atom. The fourth-order valence-electron chi connectivity index (χ4n) is 2.02. The van der Waals surface area contributed by atoms with Crippen molar-refractivity contribution in [2.24, 2.45) is 11.8 Å². The zero-order valence-corrected chi connectivity index (χ0v) is 10.2. The van der Waals surface area contributed by atoms with E-state index >= 15 is 0 Å². The summed E-state index contributed by atoms with van der Waals surface area (Å²) >= 11 is 0. The summed E-state index contributed by atoms with van der Waals surface area (Å²) in [5.41, 5.74) is 1.32. The number of ether oxygens (including phenoxy) is 1. The second-order valence-corrected chi connectivity index (χ2v) is 4.79. The maximum atomic E-state index is 5.13. The third-order valence-corrected chi connectivity index (χ3v) is 3.38. The monoisotopic (exact) mass is 219 g/mol. The van der Waals surface area contributed by atoms with Gasteiger partial charge < -0.3 is 10.1 Å². The lowest BCUT2D eigenvalue weighted by atomic mass is 10.1. The first-order chi connectivity index (χ1) is 7.79. The average molecular weight is 219 g/mol. The lowest BCUT2D eigenvalue weighted by Gasteiger charge is -2.11. The minimum atomic E-state index is 0.832. The van der Waals surface area contributed by atoms with Gasteiger partial charge in [-0.15, -0.1) is 0 Å². The Kier molecular flexibility index (Phi) is 3.83. The van der Waals surface area contributed by atoms with Crippen LogP contribution in [0.25, 0.3) is 0 Å². The molecule has 1 aromatic rings. The van der Waals surface area contributed by atoms with Crippen molar-refractivity contribution in [1.82, 2.24) is 5.32 Å². The SMILES string of the molecule is COc1ccc(CNCC(C)C2CC2)cc1. The zero-order valence-electron chi connectivity index (χ0n) is 10.2. The lowest BCUT2D eigenvalue weighted by molar-refractivity contribution is 0.414. The van der Waals surface area contributed by atoms with Gasteiger partial charge in [0.2, 0.25) is 0 Å². The van der Waals surface area contributed by atoms with E-state index in [1.54, 1.807) is 7.11 Å². The summed E-state index contributed by atoms with van der Waals surface area (Å²) in [5, 5.41) is 3.52. The van der Waals surface area contributed by atoms with Gasteiger partial charge in [0.05, 0.1) is 7.11 Å². The van der Waals surface area contributed by atoms with E-state index in [-0.39, 0.29) is 0 Å². The third-order valence-electron chi connectivity index (χ3n) is 3.38. The Morgan fingerprint density at radius 2 is 2.00 bits per heavy atom. The van der Waals surface area contributed by atoms with Crippen molar-refractivity contribution < 1.29 is 4.74 Å². The Hall–Kier alpha value is -1.02. The molecule has 1 atom stereocenters. The fourth-order valence-corrected chi connectivity index (χ4v) is 2.02. The Balaban J connectivity index is 1.71. The summed E-state index contributed by atoms with van der Waals surface area (Å²) in [6.45, 7) is 4.44. The van der Waals surface area contributed by atoms with Crippen molar-refractivity contribution in [3.63, 3.8) is 0 Å². The minimum absolute atomic E-state index is 0.832. The second-order valence-electron chi connectivity index (χ2n) is 4.79. The first kappa shape index (κ1) is 11.5. The van der Waals surface area contributed by atoms with Gasteiger partial charge in [-0.1, -0.05) is 19.1 Å². The molecule has 0 aliphatic heterocycles. The smallest absolute Gasteiger partial charge is 0.118 e. The van der Waals surface area contributed by atoms with E-state index in [2.05, 4.69) is 24.4 Å². The third kappa shape index (κ3) is 3.24. The molecule has 2 heteroatoms. The summed E-state index contributed by atoms with van der Waals surface area (Å²) in [6, 6.07) is 8.27. The molecule has 16 heavy (non-hydrogen) atoms. The molecule has 0 radical (unpaired) electrons. The predicted octanol–water partition coefficient (Wildman–Crippen LogP) is 2.83. The van der Waals surface area contributed by atoms with E-state index in [0.29, 0.717) is 0 Å². The van der Waals surface area contributed by atoms with Gasteiger partial charge in [-0.25, -0.2) is 0 Å². The molecule has 0 spiro atoms. The van der Waals surface area contributed by atoms with E-state index in [4.69, 9.17) is 4.74 Å². The van der Waals surface area contributed by atoms with Gasteiger partial charge in [0, 0.05) is 6.54 Å². The number of hydrogen-bond acceptors (Lipinski definition) is 2. The van der Waals surface area contributed by atoms with Gasteiger partial charge in [0.25, 0.3) is 0 Å². The maximum absolute atomic E-state index is 5.13. The molecule has 2 nitrogen and oxygen atoms in total. The van der Waals surface area contributed by atoms with Crippen molar-refractivity contribution in [2.75, 3.05) is 13.7 Å². The van der Waals surface area contributed by atoms with Crippen LogP contribution in [-0.4, -0.2) is 13.7 Å². The van der Waals surface area contributed by atoms with Crippen molar-refractivity contribution in [1.29, 1.82) is 0 Å². The van der Waals surface area contributed by atoms with Crippen molar-refractivity contribution in [3.05, 3.63) is 29.8 Å². The van der Waals surface area contributed by atoms with Gasteiger partial charge in [0.1, 0.15) is 5.75 Å². The molecule has 88 valence electrons. The summed E-state index contributed by atoms with van der Waals surface area (Å²) in [4.78, 5) is 0. The summed E-state index contributed by atoms with van der Waals surface area (Å²) in [5.74, 6) is 2.75. The van der Waals surface area contributed by atoms with Crippen LogP contribution in [0.1, 0.15) is 25.3 Å². The number of nitrogens with one attached hydrogen (secondary N) is 1. The highest BCUT2D eigenvalue weighted by atomic mass is 16.5. The van der Waals surface area contributed by atoms with Gasteiger partial charge in [-0.2, -0.15) is 0 Å². The molecule has 1 fully saturated rings. The first-order valence-corrected chi connectivity index (χ1v) is 6.13. The molecule has 0 aromatic heterocycles. The number of rotatable bonds is 6. The molecule has 1 aliphatic carbocycles. The van der Waals surface area contributed by atoms with Crippen LogP contribution < -0.4 is 10.1 Å². The van der Waals surface area contributed by atoms with Crippen LogP contribution in [0.2, 0.25) is 0 Å². The van der Waals surface area contributed by atoms with Gasteiger partial charge in [-0.05, 0) is 48.9 Å². The molecule has 0 bridgehead atoms. The molecule has 0 heterocycles. The van der Waals surface area contributed by atoms with Crippen molar-refractivity contribution in [3.8, 4) is 5.75 Å². The maximum Gasteiger partial charge on any atom is 0.118 e.